The Hall–Kier alpha value is -4.97. The van der Waals surface area contributed by atoms with Gasteiger partial charge in [-0.1, -0.05) is 78.4 Å². The molecule has 6 heteroatoms. The number of aromatic amines is 1. The van der Waals surface area contributed by atoms with Crippen LogP contribution in [0.1, 0.15) is 32.0 Å². The second kappa shape index (κ2) is 10.1. The molecule has 5 rings (SSSR count). The molecule has 2 N–H and O–H groups in total. The number of amides is 1. The Bertz CT molecular complexity index is 1590. The number of aryl methyl sites for hydroxylation is 1. The summed E-state index contributed by atoms with van der Waals surface area (Å²) < 4.78 is 5.60. The Balaban J connectivity index is 1.37. The largest absolute Gasteiger partial charge is 0.422 e. The number of ether oxygens (including phenoxy) is 1. The maximum Gasteiger partial charge on any atom is 0.343 e. The zero-order valence-corrected chi connectivity index (χ0v) is 19.6. The van der Waals surface area contributed by atoms with Crippen LogP contribution in [0.3, 0.4) is 0 Å². The smallest absolute Gasteiger partial charge is 0.343 e. The van der Waals surface area contributed by atoms with Crippen LogP contribution in [0.5, 0.6) is 5.75 Å². The van der Waals surface area contributed by atoms with Gasteiger partial charge in [0, 0.05) is 22.0 Å². The molecule has 1 heterocycles. The van der Waals surface area contributed by atoms with Gasteiger partial charge in [0.15, 0.2) is 0 Å². The highest BCUT2D eigenvalue weighted by Crippen LogP contribution is 2.32. The summed E-state index contributed by atoms with van der Waals surface area (Å²) in [6.45, 7) is 1.91. The van der Waals surface area contributed by atoms with Crippen LogP contribution in [0.2, 0.25) is 0 Å². The fourth-order valence-corrected chi connectivity index (χ4v) is 4.04. The van der Waals surface area contributed by atoms with E-state index < -0.39 is 5.97 Å². The van der Waals surface area contributed by atoms with Crippen LogP contribution in [-0.2, 0) is 0 Å². The molecule has 5 aromatic rings. The zero-order valence-electron chi connectivity index (χ0n) is 19.6. The first kappa shape index (κ1) is 22.8. The van der Waals surface area contributed by atoms with Crippen LogP contribution in [0.25, 0.3) is 22.0 Å². The lowest BCUT2D eigenvalue weighted by Crippen LogP contribution is -2.19. The number of para-hydroxylation sites is 2. The van der Waals surface area contributed by atoms with E-state index in [1.54, 1.807) is 36.4 Å². The molecule has 0 fully saturated rings. The number of carbonyl (C=O) groups is 2. The SMILES string of the molecule is Cc1cccc(C(=O)Oc2ccccc2C=NNC(=O)c2[nH]c3ccccc3c2-c2ccccc2)c1. The van der Waals surface area contributed by atoms with E-state index in [1.807, 2.05) is 73.7 Å². The normalized spacial score (nSPS) is 11.0. The molecule has 0 saturated heterocycles. The minimum absolute atomic E-state index is 0.345. The van der Waals surface area contributed by atoms with Gasteiger partial charge in [-0.2, -0.15) is 5.10 Å². The summed E-state index contributed by atoms with van der Waals surface area (Å²) in [5.41, 5.74) is 7.59. The fraction of sp³-hybridized carbons (Fsp3) is 0.0333. The summed E-state index contributed by atoms with van der Waals surface area (Å²) >= 11 is 0. The van der Waals surface area contributed by atoms with Crippen molar-refractivity contribution in [2.45, 2.75) is 6.92 Å². The predicted molar refractivity (Wildman–Crippen MR) is 141 cm³/mol. The van der Waals surface area contributed by atoms with Gasteiger partial charge in [-0.25, -0.2) is 10.2 Å². The van der Waals surface area contributed by atoms with Gasteiger partial charge in [0.25, 0.3) is 5.91 Å². The molecule has 1 aromatic heterocycles. The first-order chi connectivity index (χ1) is 17.6. The van der Waals surface area contributed by atoms with Crippen molar-refractivity contribution in [2.75, 3.05) is 0 Å². The molecule has 36 heavy (non-hydrogen) atoms. The Morgan fingerprint density at radius 3 is 2.44 bits per heavy atom. The quantitative estimate of drug-likeness (QED) is 0.135. The maximum absolute atomic E-state index is 13.1. The van der Waals surface area contributed by atoms with Crippen molar-refractivity contribution in [1.29, 1.82) is 0 Å². The number of hydrogen-bond donors (Lipinski definition) is 2. The summed E-state index contributed by atoms with van der Waals surface area (Å²) in [5.74, 6) is -0.498. The summed E-state index contributed by atoms with van der Waals surface area (Å²) in [6, 6.07) is 31.7. The van der Waals surface area contributed by atoms with Crippen LogP contribution in [0.4, 0.5) is 0 Å². The maximum atomic E-state index is 13.1. The van der Waals surface area contributed by atoms with Crippen LogP contribution in [0, 0.1) is 6.92 Å². The number of nitrogens with one attached hydrogen (secondary N) is 2. The minimum atomic E-state index is -0.464. The number of fused-ring (bicyclic) bond motifs is 1. The second-order valence-corrected chi connectivity index (χ2v) is 8.28. The van der Waals surface area contributed by atoms with Gasteiger partial charge < -0.3 is 9.72 Å². The van der Waals surface area contributed by atoms with E-state index in [2.05, 4.69) is 15.5 Å². The molecule has 1 amide bonds. The molecule has 0 atom stereocenters. The number of nitrogens with zero attached hydrogens (tertiary/aromatic N) is 1. The van der Waals surface area contributed by atoms with Crippen molar-refractivity contribution in [3.63, 3.8) is 0 Å². The van der Waals surface area contributed by atoms with Crippen LogP contribution >= 0.6 is 0 Å². The van der Waals surface area contributed by atoms with Crippen LogP contribution in [-0.4, -0.2) is 23.1 Å². The number of H-pyrrole nitrogens is 1. The van der Waals surface area contributed by atoms with Gasteiger partial charge in [0.05, 0.1) is 11.8 Å². The van der Waals surface area contributed by atoms with Gasteiger partial charge in [0.1, 0.15) is 11.4 Å². The Morgan fingerprint density at radius 1 is 0.861 bits per heavy atom. The number of carbonyl (C=O) groups excluding carboxylic acids is 2. The molecule has 0 spiro atoms. The Labute approximate surface area is 208 Å². The van der Waals surface area contributed by atoms with Crippen molar-refractivity contribution >= 4 is 29.0 Å². The van der Waals surface area contributed by atoms with Crippen LogP contribution in [0.15, 0.2) is 108 Å². The zero-order chi connectivity index (χ0) is 24.9. The number of rotatable bonds is 6. The van der Waals surface area contributed by atoms with Gasteiger partial charge in [-0.05, 0) is 42.8 Å². The van der Waals surface area contributed by atoms with E-state index in [0.29, 0.717) is 22.6 Å². The van der Waals surface area contributed by atoms with E-state index in [0.717, 1.165) is 27.6 Å². The fourth-order valence-electron chi connectivity index (χ4n) is 4.04. The van der Waals surface area contributed by atoms with Crippen molar-refractivity contribution in [3.8, 4) is 16.9 Å². The molecule has 0 radical (unpaired) electrons. The highest BCUT2D eigenvalue weighted by Gasteiger charge is 2.19. The number of esters is 1. The Morgan fingerprint density at radius 2 is 1.61 bits per heavy atom. The predicted octanol–water partition coefficient (Wildman–Crippen LogP) is 6.13. The monoisotopic (exact) mass is 473 g/mol. The molecule has 0 aliphatic rings. The van der Waals surface area contributed by atoms with Crippen LogP contribution < -0.4 is 10.2 Å². The minimum Gasteiger partial charge on any atom is -0.422 e. The van der Waals surface area contributed by atoms with Crippen molar-refractivity contribution < 1.29 is 14.3 Å². The molecule has 4 aromatic carbocycles. The van der Waals surface area contributed by atoms with Gasteiger partial charge >= 0.3 is 5.97 Å². The molecular formula is C30H23N3O3. The summed E-state index contributed by atoms with van der Waals surface area (Å²) in [7, 11) is 0. The number of benzene rings is 4. The number of aromatic nitrogens is 1. The molecule has 0 bridgehead atoms. The number of hydrogen-bond acceptors (Lipinski definition) is 4. The average molecular weight is 474 g/mol. The highest BCUT2D eigenvalue weighted by atomic mass is 16.5. The standard InChI is InChI=1S/C30H23N3O3/c1-20-10-9-14-22(18-20)30(35)36-26-17-8-5-13-23(26)19-31-33-29(34)28-27(21-11-3-2-4-12-21)24-15-6-7-16-25(24)32-28/h2-19,32H,1H3,(H,33,34). The lowest BCUT2D eigenvalue weighted by atomic mass is 10.0. The van der Waals surface area contributed by atoms with Crippen molar-refractivity contribution in [3.05, 3.63) is 126 Å². The van der Waals surface area contributed by atoms with Gasteiger partial charge in [-0.3, -0.25) is 4.79 Å². The van der Waals surface area contributed by atoms with E-state index in [-0.39, 0.29) is 5.91 Å². The first-order valence-corrected chi connectivity index (χ1v) is 11.5. The molecule has 0 unspecified atom stereocenters. The Kier molecular flexibility index (Phi) is 6.40. The molecule has 176 valence electrons. The topological polar surface area (TPSA) is 83.5 Å². The second-order valence-electron chi connectivity index (χ2n) is 8.28. The van der Waals surface area contributed by atoms with Crippen molar-refractivity contribution in [1.82, 2.24) is 10.4 Å². The summed E-state index contributed by atoms with van der Waals surface area (Å²) in [4.78, 5) is 29.0. The van der Waals surface area contributed by atoms with Gasteiger partial charge in [-0.15, -0.1) is 0 Å². The van der Waals surface area contributed by atoms with Crippen molar-refractivity contribution in [2.24, 2.45) is 5.10 Å². The number of hydrazone groups is 1. The molecule has 0 saturated carbocycles. The third-order valence-electron chi connectivity index (χ3n) is 5.74. The molecule has 6 nitrogen and oxygen atoms in total. The molecule has 0 aliphatic heterocycles. The van der Waals surface area contributed by atoms with E-state index in [4.69, 9.17) is 4.74 Å². The van der Waals surface area contributed by atoms with E-state index in [9.17, 15) is 9.59 Å². The summed E-state index contributed by atoms with van der Waals surface area (Å²) in [6.07, 6.45) is 1.46. The lowest BCUT2D eigenvalue weighted by Gasteiger charge is -2.08. The average Bonchev–Trinajstić information content (AvgIpc) is 3.30. The lowest BCUT2D eigenvalue weighted by molar-refractivity contribution is 0.0734. The molecular weight excluding hydrogens is 450 g/mol. The first-order valence-electron chi connectivity index (χ1n) is 11.5. The molecule has 0 aliphatic carbocycles. The summed E-state index contributed by atoms with van der Waals surface area (Å²) in [5, 5.41) is 5.09. The third-order valence-corrected chi connectivity index (χ3v) is 5.74. The highest BCUT2D eigenvalue weighted by molar-refractivity contribution is 6.09. The van der Waals surface area contributed by atoms with E-state index >= 15 is 0 Å². The third kappa shape index (κ3) is 4.79. The van der Waals surface area contributed by atoms with E-state index in [1.165, 1.54) is 6.21 Å². The van der Waals surface area contributed by atoms with Gasteiger partial charge in [0.2, 0.25) is 0 Å².